The molecule has 1 aliphatic rings. The predicted molar refractivity (Wildman–Crippen MR) is 125 cm³/mol. The number of nitrogens with two attached hydrogens (primary N) is 1. The summed E-state index contributed by atoms with van der Waals surface area (Å²) in [4.78, 5) is 33.4. The first-order chi connectivity index (χ1) is 18.0. The maximum Gasteiger partial charge on any atom is 0.418 e. The van der Waals surface area contributed by atoms with Gasteiger partial charge in [0.1, 0.15) is 17.2 Å². The molecule has 9 nitrogen and oxygen atoms in total. The van der Waals surface area contributed by atoms with Crippen LogP contribution in [-0.4, -0.2) is 40.5 Å². The Morgan fingerprint density at radius 2 is 1.89 bits per heavy atom. The quantitative estimate of drug-likeness (QED) is 0.341. The first-order valence-electron chi connectivity index (χ1n) is 11.1. The average Bonchev–Trinajstić information content (AvgIpc) is 3.33. The normalized spacial score (nSPS) is 17.2. The van der Waals surface area contributed by atoms with Crippen LogP contribution in [0.5, 0.6) is 0 Å². The second-order valence-electron chi connectivity index (χ2n) is 8.49. The van der Waals surface area contributed by atoms with Crippen molar-refractivity contribution in [2.45, 2.75) is 24.7 Å². The van der Waals surface area contributed by atoms with Gasteiger partial charge in [0.25, 0.3) is 5.91 Å². The van der Waals surface area contributed by atoms with Gasteiger partial charge in [-0.25, -0.2) is 8.78 Å². The minimum atomic E-state index is -4.85. The molecule has 1 unspecified atom stereocenters. The van der Waals surface area contributed by atoms with Gasteiger partial charge in [-0.2, -0.15) is 13.2 Å². The minimum absolute atomic E-state index is 0.127. The van der Waals surface area contributed by atoms with Crippen molar-refractivity contribution in [2.24, 2.45) is 0 Å². The molecule has 4 rings (SSSR count). The van der Waals surface area contributed by atoms with E-state index in [0.29, 0.717) is 6.07 Å². The Kier molecular flexibility index (Phi) is 7.44. The summed E-state index contributed by atoms with van der Waals surface area (Å²) in [6.45, 7) is -0.315. The highest BCUT2D eigenvalue weighted by Crippen LogP contribution is 2.36. The molecule has 200 valence electrons. The summed E-state index contributed by atoms with van der Waals surface area (Å²) in [5.74, 6) is -3.25. The Balaban J connectivity index is 1.44. The van der Waals surface area contributed by atoms with Crippen LogP contribution in [0, 0.1) is 11.6 Å². The van der Waals surface area contributed by atoms with Crippen LogP contribution in [0.1, 0.15) is 28.0 Å². The number of hydrogen-bond donors (Lipinski definition) is 4. The SMILES string of the molecule is Nc1cncc(C(=O)NC2(C(=O)NCc3ncc(Nc4ccc(F)cc4C(F)(F)F)cc3F)CCOC2)c1. The third kappa shape index (κ3) is 5.96. The predicted octanol–water partition coefficient (Wildman–Crippen LogP) is 3.30. The summed E-state index contributed by atoms with van der Waals surface area (Å²) in [6, 6.07) is 4.31. The second-order valence-corrected chi connectivity index (χ2v) is 8.49. The number of amides is 2. The number of aromatic nitrogens is 2. The highest BCUT2D eigenvalue weighted by molar-refractivity contribution is 5.99. The number of alkyl halides is 3. The van der Waals surface area contributed by atoms with E-state index in [4.69, 9.17) is 10.5 Å². The van der Waals surface area contributed by atoms with E-state index in [2.05, 4.69) is 25.9 Å². The fraction of sp³-hybridized carbons (Fsp3) is 0.250. The molecule has 0 radical (unpaired) electrons. The van der Waals surface area contributed by atoms with Crippen molar-refractivity contribution in [3.05, 3.63) is 77.4 Å². The first-order valence-corrected chi connectivity index (χ1v) is 11.1. The number of carbonyl (C=O) groups excluding carboxylic acids is 2. The molecule has 1 saturated heterocycles. The smallest absolute Gasteiger partial charge is 0.397 e. The van der Waals surface area contributed by atoms with Crippen molar-refractivity contribution in [2.75, 3.05) is 24.3 Å². The fourth-order valence-electron chi connectivity index (χ4n) is 3.78. The summed E-state index contributed by atoms with van der Waals surface area (Å²) in [6.07, 6.45) is -0.990. The number of nitrogens with one attached hydrogen (secondary N) is 3. The Labute approximate surface area is 212 Å². The molecule has 0 aliphatic carbocycles. The summed E-state index contributed by atoms with van der Waals surface area (Å²) < 4.78 is 73.0. The van der Waals surface area contributed by atoms with Gasteiger partial charge in [-0.05, 0) is 24.3 Å². The van der Waals surface area contributed by atoms with E-state index >= 15 is 0 Å². The van der Waals surface area contributed by atoms with Gasteiger partial charge >= 0.3 is 6.18 Å². The number of rotatable bonds is 7. The molecule has 1 aromatic carbocycles. The minimum Gasteiger partial charge on any atom is -0.397 e. The topological polar surface area (TPSA) is 131 Å². The van der Waals surface area contributed by atoms with Gasteiger partial charge in [0, 0.05) is 31.5 Å². The van der Waals surface area contributed by atoms with Gasteiger partial charge in [-0.15, -0.1) is 0 Å². The molecule has 2 amide bonds. The Morgan fingerprint density at radius 1 is 1.11 bits per heavy atom. The number of hydrogen-bond acceptors (Lipinski definition) is 7. The lowest BCUT2D eigenvalue weighted by molar-refractivity contribution is -0.137. The zero-order chi connectivity index (χ0) is 27.5. The Hall–Kier alpha value is -4.33. The van der Waals surface area contributed by atoms with Crippen LogP contribution in [-0.2, 0) is 22.3 Å². The zero-order valence-corrected chi connectivity index (χ0v) is 19.5. The van der Waals surface area contributed by atoms with Gasteiger partial charge in [0.15, 0.2) is 0 Å². The van der Waals surface area contributed by atoms with Crippen molar-refractivity contribution in [3.8, 4) is 0 Å². The fourth-order valence-corrected chi connectivity index (χ4v) is 3.78. The molecule has 1 aliphatic heterocycles. The van der Waals surface area contributed by atoms with Crippen molar-refractivity contribution >= 4 is 28.9 Å². The number of benzene rings is 1. The van der Waals surface area contributed by atoms with Crippen LogP contribution in [0.4, 0.5) is 39.0 Å². The molecular weight excluding hydrogens is 515 g/mol. The van der Waals surface area contributed by atoms with E-state index in [1.807, 2.05) is 0 Å². The maximum atomic E-state index is 14.7. The monoisotopic (exact) mass is 536 g/mol. The van der Waals surface area contributed by atoms with E-state index in [1.165, 1.54) is 18.5 Å². The molecule has 3 aromatic rings. The number of halogens is 5. The second kappa shape index (κ2) is 10.6. The van der Waals surface area contributed by atoms with Gasteiger partial charge in [-0.1, -0.05) is 0 Å². The van der Waals surface area contributed by atoms with E-state index in [1.54, 1.807) is 0 Å². The van der Waals surface area contributed by atoms with E-state index in [-0.39, 0.29) is 48.8 Å². The molecular formula is C24H21F5N6O3. The Bertz CT molecular complexity index is 1360. The maximum absolute atomic E-state index is 14.7. The van der Waals surface area contributed by atoms with Gasteiger partial charge in [0.2, 0.25) is 5.91 Å². The first kappa shape index (κ1) is 26.7. The molecule has 0 spiro atoms. The summed E-state index contributed by atoms with van der Waals surface area (Å²) in [5.41, 5.74) is 2.51. The number of nitrogens with zero attached hydrogens (tertiary/aromatic N) is 2. The Morgan fingerprint density at radius 3 is 2.55 bits per heavy atom. The summed E-state index contributed by atoms with van der Waals surface area (Å²) in [5, 5.41) is 7.51. The standard InChI is InChI=1S/C24H21F5N6O3/c25-14-1-2-19(17(6-14)24(27,28)29)34-16-7-18(26)20(32-10-16)11-33-22(37)23(3-4-38-12-23)35-21(36)13-5-15(30)9-31-8-13/h1-2,5-10,34H,3-4,11-12,30H2,(H,33,37)(H,35,36). The molecule has 3 heterocycles. The van der Waals surface area contributed by atoms with Crippen molar-refractivity contribution in [1.82, 2.24) is 20.6 Å². The largest absolute Gasteiger partial charge is 0.418 e. The molecule has 1 fully saturated rings. The molecule has 5 N–H and O–H groups in total. The van der Waals surface area contributed by atoms with Crippen LogP contribution >= 0.6 is 0 Å². The van der Waals surface area contributed by atoms with Gasteiger partial charge in [-0.3, -0.25) is 19.6 Å². The number of pyridine rings is 2. The third-order valence-electron chi connectivity index (χ3n) is 5.73. The van der Waals surface area contributed by atoms with Crippen molar-refractivity contribution in [1.29, 1.82) is 0 Å². The average molecular weight is 536 g/mol. The van der Waals surface area contributed by atoms with E-state index in [9.17, 15) is 31.5 Å². The van der Waals surface area contributed by atoms with Crippen LogP contribution in [0.25, 0.3) is 0 Å². The van der Waals surface area contributed by atoms with Crippen LogP contribution in [0.2, 0.25) is 0 Å². The number of anilines is 3. The van der Waals surface area contributed by atoms with Gasteiger partial charge in [0.05, 0.1) is 53.2 Å². The lowest BCUT2D eigenvalue weighted by atomic mass is 9.96. The summed E-state index contributed by atoms with van der Waals surface area (Å²) in [7, 11) is 0. The number of carbonyl (C=O) groups is 2. The van der Waals surface area contributed by atoms with Crippen molar-refractivity contribution < 1.29 is 36.3 Å². The van der Waals surface area contributed by atoms with Crippen LogP contribution < -0.4 is 21.7 Å². The van der Waals surface area contributed by atoms with Crippen LogP contribution in [0.3, 0.4) is 0 Å². The molecule has 38 heavy (non-hydrogen) atoms. The lowest BCUT2D eigenvalue weighted by Crippen LogP contribution is -2.59. The summed E-state index contributed by atoms with van der Waals surface area (Å²) >= 11 is 0. The number of nitrogen functional groups attached to an aromatic ring is 1. The molecule has 2 aromatic heterocycles. The lowest BCUT2D eigenvalue weighted by Gasteiger charge is -2.27. The van der Waals surface area contributed by atoms with Crippen molar-refractivity contribution in [3.63, 3.8) is 0 Å². The van der Waals surface area contributed by atoms with Crippen LogP contribution in [0.15, 0.2) is 48.9 Å². The molecule has 1 atom stereocenters. The highest BCUT2D eigenvalue weighted by Gasteiger charge is 2.44. The van der Waals surface area contributed by atoms with Gasteiger partial charge < -0.3 is 26.4 Å². The molecule has 14 heteroatoms. The zero-order valence-electron chi connectivity index (χ0n) is 19.5. The van der Waals surface area contributed by atoms with E-state index < -0.39 is 46.4 Å². The van der Waals surface area contributed by atoms with E-state index in [0.717, 1.165) is 24.4 Å². The third-order valence-corrected chi connectivity index (χ3v) is 5.73. The highest BCUT2D eigenvalue weighted by atomic mass is 19.4. The number of ether oxygens (including phenoxy) is 1. The molecule has 0 saturated carbocycles. The molecule has 0 bridgehead atoms.